The minimum Gasteiger partial charge on any atom is -0.390 e. The van der Waals surface area contributed by atoms with E-state index in [0.29, 0.717) is 18.0 Å². The van der Waals surface area contributed by atoms with E-state index in [-0.39, 0.29) is 30.5 Å². The molecule has 4 amide bonds. The fraction of sp³-hybridized carbons (Fsp3) is 0.472. The molecule has 1 saturated carbocycles. The van der Waals surface area contributed by atoms with Crippen molar-refractivity contribution in [2.75, 3.05) is 13.1 Å². The third kappa shape index (κ3) is 10.8. The van der Waals surface area contributed by atoms with Gasteiger partial charge in [-0.3, -0.25) is 24.6 Å². The second kappa shape index (κ2) is 17.7. The van der Waals surface area contributed by atoms with Gasteiger partial charge in [0.25, 0.3) is 11.8 Å². The lowest BCUT2D eigenvalue weighted by atomic mass is 9.89. The summed E-state index contributed by atoms with van der Waals surface area (Å²) in [5, 5.41) is 19.7. The standard InChI is InChI=1S/C36H49N7O5/c1-23(2)33(38)36(48)42-43(21-25-13-7-4-8-14-25)22-31(44)29(19-24-11-5-3-6-12-24)40-35(47)30(20-32(37)45)41-34(46)28-18-17-26-15-9-10-16-27(26)39-28/h3,5-6,9-12,15-18,23,25,29-31,33,44H,4,7-8,13-14,19-22,38H2,1-2H3,(H2,37,45)(H,40,47)(H,41,46)(H,42,48)/t29-,30-,31-,33-/m0/s1. The normalized spacial score (nSPS) is 16.2. The first-order valence-electron chi connectivity index (χ1n) is 16.8. The number of carbonyl (C=O) groups excluding carboxylic acids is 4. The molecule has 8 N–H and O–H groups in total. The number of amides is 4. The van der Waals surface area contributed by atoms with Crippen molar-refractivity contribution < 1.29 is 24.3 Å². The van der Waals surface area contributed by atoms with Crippen molar-refractivity contribution in [1.82, 2.24) is 26.1 Å². The lowest BCUT2D eigenvalue weighted by Crippen LogP contribution is -2.59. The third-order valence-electron chi connectivity index (χ3n) is 8.85. The molecule has 0 saturated heterocycles. The van der Waals surface area contributed by atoms with Crippen molar-refractivity contribution in [1.29, 1.82) is 0 Å². The van der Waals surface area contributed by atoms with Crippen molar-refractivity contribution in [2.45, 2.75) is 83.0 Å². The van der Waals surface area contributed by atoms with Gasteiger partial charge in [0.05, 0.1) is 30.1 Å². The number of hydrazine groups is 1. The highest BCUT2D eigenvalue weighted by Crippen LogP contribution is 2.24. The van der Waals surface area contributed by atoms with Gasteiger partial charge in [0.2, 0.25) is 11.8 Å². The summed E-state index contributed by atoms with van der Waals surface area (Å²) >= 11 is 0. The Kier molecular flexibility index (Phi) is 13.4. The molecule has 0 aliphatic heterocycles. The number of rotatable bonds is 16. The number of pyridine rings is 1. The van der Waals surface area contributed by atoms with Crippen LogP contribution in [0, 0.1) is 11.8 Å². The molecular weight excluding hydrogens is 610 g/mol. The van der Waals surface area contributed by atoms with Gasteiger partial charge in [0.15, 0.2) is 0 Å². The van der Waals surface area contributed by atoms with Gasteiger partial charge in [-0.15, -0.1) is 0 Å². The molecule has 2 aromatic carbocycles. The molecule has 258 valence electrons. The lowest BCUT2D eigenvalue weighted by Gasteiger charge is -2.34. The molecule has 48 heavy (non-hydrogen) atoms. The lowest BCUT2D eigenvalue weighted by molar-refractivity contribution is -0.130. The van der Waals surface area contributed by atoms with Crippen molar-refractivity contribution in [3.8, 4) is 0 Å². The molecule has 0 unspecified atom stereocenters. The number of carbonyl (C=O) groups is 4. The van der Waals surface area contributed by atoms with Crippen molar-refractivity contribution in [3.05, 3.63) is 78.0 Å². The van der Waals surface area contributed by atoms with E-state index in [1.165, 1.54) is 6.42 Å². The maximum atomic E-state index is 13.7. The van der Waals surface area contributed by atoms with Crippen LogP contribution in [-0.2, 0) is 20.8 Å². The molecule has 0 spiro atoms. The van der Waals surface area contributed by atoms with Crippen LogP contribution in [-0.4, -0.2) is 76.0 Å². The fourth-order valence-electron chi connectivity index (χ4n) is 6.00. The van der Waals surface area contributed by atoms with Crippen LogP contribution in [0.1, 0.15) is 68.4 Å². The molecular formula is C36H49N7O5. The number of nitrogens with one attached hydrogen (secondary N) is 3. The van der Waals surface area contributed by atoms with E-state index < -0.39 is 48.4 Å². The second-order valence-electron chi connectivity index (χ2n) is 13.1. The SMILES string of the molecule is CC(C)[C@H](N)C(=O)NN(CC1CCCCC1)C[C@H](O)[C@H](Cc1ccccc1)NC(=O)[C@H](CC(N)=O)NC(=O)c1ccc2ccccc2n1. The summed E-state index contributed by atoms with van der Waals surface area (Å²) < 4.78 is 0. The first kappa shape index (κ1) is 36.4. The Balaban J connectivity index is 1.53. The number of hydrogen-bond donors (Lipinski definition) is 6. The monoisotopic (exact) mass is 659 g/mol. The molecule has 1 aliphatic carbocycles. The number of hydrogen-bond acceptors (Lipinski definition) is 8. The number of aliphatic hydroxyl groups excluding tert-OH is 1. The van der Waals surface area contributed by atoms with Crippen LogP contribution in [0.3, 0.4) is 0 Å². The molecule has 1 fully saturated rings. The van der Waals surface area contributed by atoms with Crippen LogP contribution in [0.25, 0.3) is 10.9 Å². The highest BCUT2D eigenvalue weighted by molar-refractivity contribution is 5.99. The fourth-order valence-corrected chi connectivity index (χ4v) is 6.00. The zero-order valence-electron chi connectivity index (χ0n) is 27.8. The Morgan fingerprint density at radius 2 is 1.60 bits per heavy atom. The van der Waals surface area contributed by atoms with Gasteiger partial charge in [-0.1, -0.05) is 87.7 Å². The molecule has 3 aromatic rings. The highest BCUT2D eigenvalue weighted by atomic mass is 16.3. The first-order chi connectivity index (χ1) is 23.0. The van der Waals surface area contributed by atoms with Gasteiger partial charge in [0, 0.05) is 18.5 Å². The number of aromatic nitrogens is 1. The Bertz CT molecular complexity index is 1530. The van der Waals surface area contributed by atoms with E-state index in [1.807, 2.05) is 56.3 Å². The number of benzene rings is 2. The molecule has 12 heteroatoms. The molecule has 12 nitrogen and oxygen atoms in total. The summed E-state index contributed by atoms with van der Waals surface area (Å²) in [6.45, 7) is 4.28. The summed E-state index contributed by atoms with van der Waals surface area (Å²) in [7, 11) is 0. The molecule has 1 heterocycles. The second-order valence-corrected chi connectivity index (χ2v) is 13.1. The van der Waals surface area contributed by atoms with Gasteiger partial charge >= 0.3 is 0 Å². The van der Waals surface area contributed by atoms with Gasteiger partial charge in [0.1, 0.15) is 11.7 Å². The smallest absolute Gasteiger partial charge is 0.270 e. The highest BCUT2D eigenvalue weighted by Gasteiger charge is 2.31. The number of nitrogens with zero attached hydrogens (tertiary/aromatic N) is 2. The minimum atomic E-state index is -1.32. The van der Waals surface area contributed by atoms with E-state index in [1.54, 1.807) is 29.3 Å². The Labute approximate surface area is 282 Å². The Morgan fingerprint density at radius 3 is 2.29 bits per heavy atom. The average Bonchev–Trinajstić information content (AvgIpc) is 3.07. The van der Waals surface area contributed by atoms with Gasteiger partial charge < -0.3 is 27.2 Å². The third-order valence-corrected chi connectivity index (χ3v) is 8.85. The maximum absolute atomic E-state index is 13.7. The molecule has 0 bridgehead atoms. The topological polar surface area (TPSA) is 193 Å². The summed E-state index contributed by atoms with van der Waals surface area (Å²) in [6, 6.07) is 17.0. The van der Waals surface area contributed by atoms with Crippen LogP contribution in [0.5, 0.6) is 0 Å². The van der Waals surface area contributed by atoms with Crippen molar-refractivity contribution >= 4 is 34.5 Å². The Morgan fingerprint density at radius 1 is 0.917 bits per heavy atom. The summed E-state index contributed by atoms with van der Waals surface area (Å²) in [6.07, 6.45) is 4.05. The summed E-state index contributed by atoms with van der Waals surface area (Å²) in [4.78, 5) is 56.4. The zero-order chi connectivity index (χ0) is 34.6. The van der Waals surface area contributed by atoms with Crippen LogP contribution >= 0.6 is 0 Å². The molecule has 4 rings (SSSR count). The van der Waals surface area contributed by atoms with Gasteiger partial charge in [-0.25, -0.2) is 9.99 Å². The number of aliphatic hydroxyl groups is 1. The van der Waals surface area contributed by atoms with E-state index in [2.05, 4.69) is 21.0 Å². The number of nitrogens with two attached hydrogens (primary N) is 2. The maximum Gasteiger partial charge on any atom is 0.270 e. The van der Waals surface area contributed by atoms with Crippen LogP contribution in [0.2, 0.25) is 0 Å². The number of para-hydroxylation sites is 1. The van der Waals surface area contributed by atoms with E-state index in [9.17, 15) is 24.3 Å². The molecule has 1 aliphatic rings. The largest absolute Gasteiger partial charge is 0.390 e. The average molecular weight is 660 g/mol. The van der Waals surface area contributed by atoms with Crippen LogP contribution in [0.4, 0.5) is 0 Å². The molecule has 4 atom stereocenters. The number of primary amides is 1. The van der Waals surface area contributed by atoms with Gasteiger partial charge in [-0.2, -0.15) is 0 Å². The Hall–Kier alpha value is -4.39. The summed E-state index contributed by atoms with van der Waals surface area (Å²) in [5.74, 6) is -2.22. The van der Waals surface area contributed by atoms with Crippen molar-refractivity contribution in [2.24, 2.45) is 23.3 Å². The van der Waals surface area contributed by atoms with Crippen LogP contribution < -0.4 is 27.5 Å². The van der Waals surface area contributed by atoms with E-state index in [0.717, 1.165) is 36.6 Å². The van der Waals surface area contributed by atoms with Crippen LogP contribution in [0.15, 0.2) is 66.7 Å². The predicted octanol–water partition coefficient (Wildman–Crippen LogP) is 2.19. The van der Waals surface area contributed by atoms with E-state index >= 15 is 0 Å². The molecule has 0 radical (unpaired) electrons. The van der Waals surface area contributed by atoms with Crippen molar-refractivity contribution in [3.63, 3.8) is 0 Å². The quantitative estimate of drug-likeness (QED) is 0.126. The minimum absolute atomic E-state index is 0.0126. The molecule has 1 aromatic heterocycles. The zero-order valence-corrected chi connectivity index (χ0v) is 27.8. The van der Waals surface area contributed by atoms with Gasteiger partial charge in [-0.05, 0) is 48.8 Å². The first-order valence-corrected chi connectivity index (χ1v) is 16.8. The summed E-state index contributed by atoms with van der Waals surface area (Å²) in [5.41, 5.74) is 16.1. The predicted molar refractivity (Wildman–Crippen MR) is 184 cm³/mol. The number of fused-ring (bicyclic) bond motifs is 1. The van der Waals surface area contributed by atoms with E-state index in [4.69, 9.17) is 11.5 Å².